The van der Waals surface area contributed by atoms with Gasteiger partial charge in [-0.15, -0.1) is 0 Å². The molecule has 0 bridgehead atoms. The fourth-order valence-electron chi connectivity index (χ4n) is 2.45. The van der Waals surface area contributed by atoms with Crippen molar-refractivity contribution in [3.05, 3.63) is 35.4 Å². The molecule has 0 saturated carbocycles. The smallest absolute Gasteiger partial charge is 0.0681 e. The third kappa shape index (κ3) is 3.80. The first-order valence-electron chi connectivity index (χ1n) is 6.85. The van der Waals surface area contributed by atoms with Crippen molar-refractivity contribution in [2.45, 2.75) is 51.5 Å². The Kier molecular flexibility index (Phi) is 5.17. The Labute approximate surface area is 109 Å². The standard InChI is InChI=1S/C15H23NO2/c1-2-15-9-14(6-7-18-15)16-10-12-4-3-5-13(8-12)11-17/h3-5,8,14-17H,2,6-7,9-11H2,1H3. The summed E-state index contributed by atoms with van der Waals surface area (Å²) in [4.78, 5) is 0. The number of rotatable bonds is 5. The van der Waals surface area contributed by atoms with Gasteiger partial charge in [0.15, 0.2) is 0 Å². The molecule has 0 amide bonds. The molecule has 100 valence electrons. The fraction of sp³-hybridized carbons (Fsp3) is 0.600. The molecule has 2 rings (SSSR count). The van der Waals surface area contributed by atoms with Crippen LogP contribution >= 0.6 is 0 Å². The molecule has 1 fully saturated rings. The predicted molar refractivity (Wildman–Crippen MR) is 72.3 cm³/mol. The molecule has 1 aromatic rings. The Morgan fingerprint density at radius 1 is 1.39 bits per heavy atom. The van der Waals surface area contributed by atoms with Crippen LogP contribution in [0.5, 0.6) is 0 Å². The third-order valence-electron chi connectivity index (χ3n) is 3.59. The summed E-state index contributed by atoms with van der Waals surface area (Å²) in [5.41, 5.74) is 2.22. The highest BCUT2D eigenvalue weighted by molar-refractivity contribution is 5.22. The molecule has 1 aliphatic heterocycles. The number of benzene rings is 1. The van der Waals surface area contributed by atoms with Gasteiger partial charge in [0, 0.05) is 19.2 Å². The lowest BCUT2D eigenvalue weighted by Crippen LogP contribution is -2.38. The van der Waals surface area contributed by atoms with Crippen molar-refractivity contribution in [2.75, 3.05) is 6.61 Å². The van der Waals surface area contributed by atoms with Gasteiger partial charge in [-0.2, -0.15) is 0 Å². The first-order chi connectivity index (χ1) is 8.81. The van der Waals surface area contributed by atoms with Crippen molar-refractivity contribution in [1.82, 2.24) is 5.32 Å². The Morgan fingerprint density at radius 2 is 2.22 bits per heavy atom. The van der Waals surface area contributed by atoms with E-state index in [2.05, 4.69) is 24.4 Å². The molecule has 1 aliphatic rings. The van der Waals surface area contributed by atoms with Gasteiger partial charge in [-0.3, -0.25) is 0 Å². The molecule has 1 aromatic carbocycles. The quantitative estimate of drug-likeness (QED) is 0.841. The summed E-state index contributed by atoms with van der Waals surface area (Å²) >= 11 is 0. The lowest BCUT2D eigenvalue weighted by atomic mass is 10.0. The largest absolute Gasteiger partial charge is 0.392 e. The Morgan fingerprint density at radius 3 is 3.00 bits per heavy atom. The molecular weight excluding hydrogens is 226 g/mol. The lowest BCUT2D eigenvalue weighted by Gasteiger charge is -2.29. The summed E-state index contributed by atoms with van der Waals surface area (Å²) in [5, 5.41) is 12.7. The second-order valence-corrected chi connectivity index (χ2v) is 4.98. The molecule has 2 N–H and O–H groups in total. The number of hydrogen-bond donors (Lipinski definition) is 2. The number of ether oxygens (including phenoxy) is 1. The van der Waals surface area contributed by atoms with E-state index >= 15 is 0 Å². The monoisotopic (exact) mass is 249 g/mol. The van der Waals surface area contributed by atoms with E-state index in [-0.39, 0.29) is 6.61 Å². The Balaban J connectivity index is 1.83. The van der Waals surface area contributed by atoms with Gasteiger partial charge in [-0.05, 0) is 30.4 Å². The number of aliphatic hydroxyl groups is 1. The van der Waals surface area contributed by atoms with E-state index in [0.717, 1.165) is 38.0 Å². The van der Waals surface area contributed by atoms with Crippen molar-refractivity contribution < 1.29 is 9.84 Å². The first kappa shape index (κ1) is 13.5. The summed E-state index contributed by atoms with van der Waals surface area (Å²) < 4.78 is 5.67. The van der Waals surface area contributed by atoms with Crippen LogP contribution in [-0.4, -0.2) is 23.9 Å². The highest BCUT2D eigenvalue weighted by Crippen LogP contribution is 2.17. The molecular formula is C15H23NO2. The van der Waals surface area contributed by atoms with Crippen LogP contribution < -0.4 is 5.32 Å². The summed E-state index contributed by atoms with van der Waals surface area (Å²) in [5.74, 6) is 0. The lowest BCUT2D eigenvalue weighted by molar-refractivity contribution is -0.000319. The summed E-state index contributed by atoms with van der Waals surface area (Å²) in [7, 11) is 0. The average molecular weight is 249 g/mol. The SMILES string of the molecule is CCC1CC(NCc2cccc(CO)c2)CCO1. The highest BCUT2D eigenvalue weighted by Gasteiger charge is 2.20. The molecule has 2 atom stereocenters. The zero-order valence-corrected chi connectivity index (χ0v) is 11.1. The van der Waals surface area contributed by atoms with E-state index in [9.17, 15) is 0 Å². The molecule has 0 aromatic heterocycles. The van der Waals surface area contributed by atoms with Crippen LogP contribution in [-0.2, 0) is 17.9 Å². The van der Waals surface area contributed by atoms with Crippen molar-refractivity contribution in [3.63, 3.8) is 0 Å². The second kappa shape index (κ2) is 6.88. The molecule has 3 heteroatoms. The maximum atomic E-state index is 9.11. The van der Waals surface area contributed by atoms with E-state index in [0.29, 0.717) is 12.1 Å². The van der Waals surface area contributed by atoms with Gasteiger partial charge in [-0.1, -0.05) is 31.2 Å². The maximum Gasteiger partial charge on any atom is 0.0681 e. The summed E-state index contributed by atoms with van der Waals surface area (Å²) in [6.07, 6.45) is 3.71. The van der Waals surface area contributed by atoms with Crippen molar-refractivity contribution in [2.24, 2.45) is 0 Å². The van der Waals surface area contributed by atoms with Gasteiger partial charge in [-0.25, -0.2) is 0 Å². The molecule has 0 spiro atoms. The molecule has 2 unspecified atom stereocenters. The summed E-state index contributed by atoms with van der Waals surface area (Å²) in [6.45, 7) is 4.03. The number of aliphatic hydroxyl groups excluding tert-OH is 1. The fourth-order valence-corrected chi connectivity index (χ4v) is 2.45. The minimum absolute atomic E-state index is 0.114. The molecule has 0 aliphatic carbocycles. The van der Waals surface area contributed by atoms with E-state index in [1.165, 1.54) is 5.56 Å². The zero-order chi connectivity index (χ0) is 12.8. The van der Waals surface area contributed by atoms with Crippen LogP contribution in [0.4, 0.5) is 0 Å². The van der Waals surface area contributed by atoms with Gasteiger partial charge >= 0.3 is 0 Å². The van der Waals surface area contributed by atoms with Crippen molar-refractivity contribution >= 4 is 0 Å². The zero-order valence-electron chi connectivity index (χ0n) is 11.1. The van der Waals surface area contributed by atoms with Gasteiger partial charge in [0.2, 0.25) is 0 Å². The Hall–Kier alpha value is -0.900. The van der Waals surface area contributed by atoms with Gasteiger partial charge in [0.1, 0.15) is 0 Å². The number of hydrogen-bond acceptors (Lipinski definition) is 3. The van der Waals surface area contributed by atoms with Gasteiger partial charge in [0.05, 0.1) is 12.7 Å². The minimum atomic E-state index is 0.114. The predicted octanol–water partition coefficient (Wildman–Crippen LogP) is 2.23. The molecule has 0 radical (unpaired) electrons. The van der Waals surface area contributed by atoms with Gasteiger partial charge in [0.25, 0.3) is 0 Å². The summed E-state index contributed by atoms with van der Waals surface area (Å²) in [6, 6.07) is 8.67. The van der Waals surface area contributed by atoms with Crippen LogP contribution in [0.15, 0.2) is 24.3 Å². The van der Waals surface area contributed by atoms with E-state index in [4.69, 9.17) is 9.84 Å². The topological polar surface area (TPSA) is 41.5 Å². The molecule has 1 heterocycles. The number of nitrogens with one attached hydrogen (secondary N) is 1. The van der Waals surface area contributed by atoms with Crippen molar-refractivity contribution in [1.29, 1.82) is 0 Å². The van der Waals surface area contributed by atoms with Crippen molar-refractivity contribution in [3.8, 4) is 0 Å². The van der Waals surface area contributed by atoms with Crippen LogP contribution in [0.3, 0.4) is 0 Å². The van der Waals surface area contributed by atoms with Crippen LogP contribution in [0.2, 0.25) is 0 Å². The van der Waals surface area contributed by atoms with E-state index in [1.54, 1.807) is 0 Å². The van der Waals surface area contributed by atoms with Crippen LogP contribution in [0, 0.1) is 0 Å². The van der Waals surface area contributed by atoms with E-state index < -0.39 is 0 Å². The van der Waals surface area contributed by atoms with Crippen LogP contribution in [0.25, 0.3) is 0 Å². The second-order valence-electron chi connectivity index (χ2n) is 4.98. The highest BCUT2D eigenvalue weighted by atomic mass is 16.5. The molecule has 1 saturated heterocycles. The Bertz CT molecular complexity index is 367. The first-order valence-corrected chi connectivity index (χ1v) is 6.85. The maximum absolute atomic E-state index is 9.11. The average Bonchev–Trinajstić information content (AvgIpc) is 2.45. The van der Waals surface area contributed by atoms with Crippen LogP contribution in [0.1, 0.15) is 37.3 Å². The third-order valence-corrected chi connectivity index (χ3v) is 3.59. The minimum Gasteiger partial charge on any atom is -0.392 e. The van der Waals surface area contributed by atoms with E-state index in [1.807, 2.05) is 12.1 Å². The van der Waals surface area contributed by atoms with Gasteiger partial charge < -0.3 is 15.2 Å². The normalized spacial score (nSPS) is 24.1. The molecule has 18 heavy (non-hydrogen) atoms. The molecule has 3 nitrogen and oxygen atoms in total.